The average molecular weight is 716 g/mol. The molecule has 0 aromatic heterocycles. The fraction of sp³-hybridized carbons (Fsp3) is 0.486. The number of nitriles is 1. The fourth-order valence-corrected chi connectivity index (χ4v) is 6.54. The average Bonchev–Trinajstić information content (AvgIpc) is 3.13. The highest BCUT2D eigenvalue weighted by atomic mass is 19.3. The Morgan fingerprint density at radius 2 is 1.67 bits per heavy atom. The van der Waals surface area contributed by atoms with E-state index in [2.05, 4.69) is 16.0 Å². The molecule has 4 amide bonds. The Balaban J connectivity index is 1.54. The Morgan fingerprint density at radius 3 is 2.25 bits per heavy atom. The standard InChI is InChI=1S/C37H42F5N5O4/c1-4-30(48)45-31(35(50)47-16-14-25(15-17-47)33(39)40)22(3)26-12-13-29(28(38)19-26)44-34(49)32(24-10-8-21(2)9-11-24)46-36(51)37(41,42)27-7-5-6-23(18-27)20-43/h5-7,12-13,18-19,21-22,24,31-32H,4,8-11,14-17H2,1-3H3,(H,44,49)(H,45,48)(H,46,51)/t21?,22-,24?,31+,32-/m0/s1. The molecule has 0 unspecified atom stereocenters. The summed E-state index contributed by atoms with van der Waals surface area (Å²) in [5.74, 6) is -9.50. The van der Waals surface area contributed by atoms with Crippen molar-refractivity contribution < 1.29 is 41.1 Å². The maximum Gasteiger partial charge on any atom is 0.349 e. The summed E-state index contributed by atoms with van der Waals surface area (Å²) < 4.78 is 72.4. The summed E-state index contributed by atoms with van der Waals surface area (Å²) in [5.41, 5.74) is -0.816. The van der Waals surface area contributed by atoms with Crippen LogP contribution >= 0.6 is 0 Å². The fourth-order valence-electron chi connectivity index (χ4n) is 6.54. The van der Waals surface area contributed by atoms with Crippen molar-refractivity contribution in [2.24, 2.45) is 11.8 Å². The summed E-state index contributed by atoms with van der Waals surface area (Å²) in [6, 6.07) is 7.41. The second kappa shape index (κ2) is 16.9. The summed E-state index contributed by atoms with van der Waals surface area (Å²) in [7, 11) is 0. The highest BCUT2D eigenvalue weighted by Crippen LogP contribution is 2.34. The molecule has 14 heteroatoms. The topological polar surface area (TPSA) is 131 Å². The predicted molar refractivity (Wildman–Crippen MR) is 179 cm³/mol. The van der Waals surface area contributed by atoms with E-state index in [4.69, 9.17) is 5.26 Å². The lowest BCUT2D eigenvalue weighted by molar-refractivity contribution is -0.149. The van der Waals surface area contributed by atoms with Gasteiger partial charge in [0.05, 0.1) is 17.3 Å². The highest BCUT2D eigenvalue weighted by Gasteiger charge is 2.44. The number of anilines is 1. The molecule has 2 aliphatic rings. The molecule has 1 aliphatic heterocycles. The van der Waals surface area contributed by atoms with Gasteiger partial charge in [0.2, 0.25) is 17.7 Å². The summed E-state index contributed by atoms with van der Waals surface area (Å²) in [6.45, 7) is 5.29. The molecule has 51 heavy (non-hydrogen) atoms. The van der Waals surface area contributed by atoms with E-state index in [9.17, 15) is 28.0 Å². The lowest BCUT2D eigenvalue weighted by Gasteiger charge is -2.34. The minimum Gasteiger partial charge on any atom is -0.344 e. The normalized spacial score (nSPS) is 19.6. The molecular weight excluding hydrogens is 673 g/mol. The Bertz CT molecular complexity index is 1690. The van der Waals surface area contributed by atoms with Crippen LogP contribution in [-0.4, -0.2) is 53.7 Å². The zero-order chi connectivity index (χ0) is 37.5. The number of benzene rings is 2. The van der Waals surface area contributed by atoms with E-state index in [-0.39, 0.29) is 54.7 Å². The van der Waals surface area contributed by atoms with Crippen molar-refractivity contribution in [3.05, 3.63) is 76.6 Å². The minimum absolute atomic E-state index is 0.00667. The van der Waals surface area contributed by atoms with Gasteiger partial charge in [0, 0.05) is 31.0 Å². The molecule has 274 valence electrons. The number of nitrogens with zero attached hydrogens (tertiary/aromatic N) is 2. The van der Waals surface area contributed by atoms with Crippen molar-refractivity contribution in [1.82, 2.24) is 15.5 Å². The lowest BCUT2D eigenvalue weighted by atomic mass is 9.79. The summed E-state index contributed by atoms with van der Waals surface area (Å²) in [6.07, 6.45) is 0.599. The molecule has 1 heterocycles. The quantitative estimate of drug-likeness (QED) is 0.229. The van der Waals surface area contributed by atoms with Crippen molar-refractivity contribution in [3.8, 4) is 6.07 Å². The van der Waals surface area contributed by atoms with Crippen molar-refractivity contribution >= 4 is 29.3 Å². The Labute approximate surface area is 293 Å². The smallest absolute Gasteiger partial charge is 0.344 e. The van der Waals surface area contributed by atoms with Crippen LogP contribution in [0.5, 0.6) is 0 Å². The number of likely N-dealkylation sites (tertiary alicyclic amines) is 1. The molecular formula is C37H42F5N5O4. The first kappa shape index (κ1) is 39.0. The van der Waals surface area contributed by atoms with Crippen LogP contribution in [0.25, 0.3) is 0 Å². The molecule has 4 rings (SSSR count). The number of alkyl halides is 2. The molecule has 3 atom stereocenters. The molecule has 1 aliphatic carbocycles. The third-order valence-electron chi connectivity index (χ3n) is 9.87. The molecule has 1 saturated carbocycles. The van der Waals surface area contributed by atoms with E-state index in [0.29, 0.717) is 31.6 Å². The first-order chi connectivity index (χ1) is 24.2. The van der Waals surface area contributed by atoms with Crippen molar-refractivity contribution in [1.29, 1.82) is 5.26 Å². The van der Waals surface area contributed by atoms with Crippen molar-refractivity contribution in [3.63, 3.8) is 0 Å². The van der Waals surface area contributed by atoms with Crippen LogP contribution in [0.3, 0.4) is 0 Å². The van der Waals surface area contributed by atoms with Gasteiger partial charge < -0.3 is 20.9 Å². The van der Waals surface area contributed by atoms with E-state index < -0.39 is 70.9 Å². The number of hydrogen-bond donors (Lipinski definition) is 3. The highest BCUT2D eigenvalue weighted by molar-refractivity contribution is 5.98. The van der Waals surface area contributed by atoms with E-state index >= 15 is 13.2 Å². The van der Waals surface area contributed by atoms with Crippen molar-refractivity contribution in [2.75, 3.05) is 18.4 Å². The second-order valence-corrected chi connectivity index (χ2v) is 13.3. The van der Waals surface area contributed by atoms with Gasteiger partial charge in [-0.1, -0.05) is 51.8 Å². The zero-order valence-electron chi connectivity index (χ0n) is 28.7. The molecule has 0 bridgehead atoms. The number of carbonyl (C=O) groups excluding carboxylic acids is 4. The monoisotopic (exact) mass is 715 g/mol. The molecule has 2 aromatic carbocycles. The molecule has 0 radical (unpaired) electrons. The Kier molecular flexibility index (Phi) is 13.0. The number of piperidine rings is 1. The van der Waals surface area contributed by atoms with E-state index in [1.165, 1.54) is 29.2 Å². The predicted octanol–water partition coefficient (Wildman–Crippen LogP) is 6.51. The summed E-state index contributed by atoms with van der Waals surface area (Å²) >= 11 is 0. The minimum atomic E-state index is -4.08. The Hall–Kier alpha value is -4.80. The van der Waals surface area contributed by atoms with E-state index in [1.54, 1.807) is 19.9 Å². The van der Waals surface area contributed by atoms with E-state index in [1.807, 2.05) is 6.92 Å². The number of rotatable bonds is 11. The van der Waals surface area contributed by atoms with Crippen molar-refractivity contribution in [2.45, 2.75) is 89.6 Å². The number of carbonyl (C=O) groups is 4. The van der Waals surface area contributed by atoms with Gasteiger partial charge in [0.25, 0.3) is 12.0 Å². The third kappa shape index (κ3) is 9.51. The van der Waals surface area contributed by atoms with Crippen LogP contribution in [-0.2, 0) is 25.1 Å². The van der Waals surface area contributed by atoms with Gasteiger partial charge >= 0.3 is 5.92 Å². The Morgan fingerprint density at radius 1 is 1.00 bits per heavy atom. The van der Waals surface area contributed by atoms with Crippen LogP contribution in [0.15, 0.2) is 54.1 Å². The number of halogens is 5. The zero-order valence-corrected chi connectivity index (χ0v) is 28.7. The third-order valence-corrected chi connectivity index (χ3v) is 9.87. The van der Waals surface area contributed by atoms with E-state index in [0.717, 1.165) is 18.2 Å². The summed E-state index contributed by atoms with van der Waals surface area (Å²) in [5, 5.41) is 16.4. The van der Waals surface area contributed by atoms with Gasteiger partial charge in [-0.2, -0.15) is 22.8 Å². The van der Waals surface area contributed by atoms with Gasteiger partial charge in [-0.25, -0.2) is 4.39 Å². The SMILES string of the molecule is CCC(=O)N[C@@H](C(=O)N1CCC(=C(F)F)CC1)[C@@H](C)c1ccc(NC(=O)[C@@H](NC(=O)C(F)(F)c2cccc(C#N)c2)C2CCC(C)CC2)c(F)c1. The van der Waals surface area contributed by atoms with Gasteiger partial charge in [0.15, 0.2) is 0 Å². The summed E-state index contributed by atoms with van der Waals surface area (Å²) in [4.78, 5) is 53.9. The van der Waals surface area contributed by atoms with Crippen LogP contribution in [0.4, 0.5) is 27.6 Å². The molecule has 9 nitrogen and oxygen atoms in total. The molecule has 1 saturated heterocycles. The van der Waals surface area contributed by atoms with Crippen LogP contribution < -0.4 is 16.0 Å². The van der Waals surface area contributed by atoms with Gasteiger partial charge in [0.1, 0.15) is 17.9 Å². The molecule has 0 spiro atoms. The number of amides is 4. The number of nitrogens with one attached hydrogen (secondary N) is 3. The lowest BCUT2D eigenvalue weighted by Crippen LogP contribution is -2.53. The van der Waals surface area contributed by atoms with Gasteiger partial charge in [-0.05, 0) is 72.9 Å². The maximum atomic E-state index is 15.6. The number of hydrogen-bond acceptors (Lipinski definition) is 5. The largest absolute Gasteiger partial charge is 0.349 e. The van der Waals surface area contributed by atoms with Gasteiger partial charge in [-0.3, -0.25) is 19.2 Å². The second-order valence-electron chi connectivity index (χ2n) is 13.3. The van der Waals surface area contributed by atoms with Crippen LogP contribution in [0, 0.1) is 29.0 Å². The first-order valence-corrected chi connectivity index (χ1v) is 17.1. The maximum absolute atomic E-state index is 15.6. The van der Waals surface area contributed by atoms with Crippen LogP contribution in [0.2, 0.25) is 0 Å². The van der Waals surface area contributed by atoms with Gasteiger partial charge in [-0.15, -0.1) is 0 Å². The molecule has 2 fully saturated rings. The molecule has 2 aromatic rings. The molecule has 3 N–H and O–H groups in total. The van der Waals surface area contributed by atoms with Crippen LogP contribution in [0.1, 0.15) is 88.3 Å². The first-order valence-electron chi connectivity index (χ1n) is 17.1.